The van der Waals surface area contributed by atoms with Crippen LogP contribution in [0.5, 0.6) is 0 Å². The van der Waals surface area contributed by atoms with Crippen LogP contribution in [0.15, 0.2) is 12.1 Å². The fourth-order valence-electron chi connectivity index (χ4n) is 4.13. The number of halogens is 4. The number of hydrogen-bond donors (Lipinski definition) is 0. The minimum atomic E-state index is -3.24. The maximum atomic E-state index is 14.6. The fourth-order valence-corrected chi connectivity index (χ4v) is 4.13. The average Bonchev–Trinajstić information content (AvgIpc) is 2.75. The second-order valence-corrected chi connectivity index (χ2v) is 6.52. The van der Waals surface area contributed by atoms with Crippen molar-refractivity contribution in [2.45, 2.75) is 51.4 Å². The molecule has 118 valence electrons. The molecule has 0 radical (unpaired) electrons. The first-order valence-electron chi connectivity index (χ1n) is 7.80. The minimum absolute atomic E-state index is 0. The summed E-state index contributed by atoms with van der Waals surface area (Å²) in [5, 5.41) is 0. The van der Waals surface area contributed by atoms with Gasteiger partial charge in [0.2, 0.25) is 0 Å². The Labute approximate surface area is 124 Å². The Kier molecular flexibility index (Phi) is 3.74. The van der Waals surface area contributed by atoms with Crippen LogP contribution in [0.4, 0.5) is 17.6 Å². The van der Waals surface area contributed by atoms with E-state index in [0.29, 0.717) is 5.92 Å². The molecule has 21 heavy (non-hydrogen) atoms. The van der Waals surface area contributed by atoms with Crippen molar-refractivity contribution < 1.29 is 19.0 Å². The highest BCUT2D eigenvalue weighted by Gasteiger charge is 2.53. The maximum absolute atomic E-state index is 14.6. The first kappa shape index (κ1) is 14.9. The Morgan fingerprint density at radius 1 is 1.14 bits per heavy atom. The molecule has 0 nitrogen and oxygen atoms in total. The van der Waals surface area contributed by atoms with Gasteiger partial charge in [0.15, 0.2) is 11.6 Å². The van der Waals surface area contributed by atoms with Crippen molar-refractivity contribution in [1.29, 1.82) is 0 Å². The molecule has 0 aromatic heterocycles. The number of rotatable bonds is 2. The van der Waals surface area contributed by atoms with Gasteiger partial charge < -0.3 is 0 Å². The molecule has 1 unspecified atom stereocenters. The Balaban J connectivity index is 0.00000176. The standard InChI is InChI=1S/C17H20F4.H2/c1-2-10-3-5-11(6-4-10)13-9-12-7-8-14(18)16(19)15(12)17(13,20)21;/h7-8,10-11,13H,2-6,9H2,1H3;1H. The van der Waals surface area contributed by atoms with Gasteiger partial charge in [-0.2, -0.15) is 0 Å². The lowest BCUT2D eigenvalue weighted by Crippen LogP contribution is -2.31. The molecule has 0 N–H and O–H groups in total. The van der Waals surface area contributed by atoms with Crippen LogP contribution in [0.2, 0.25) is 0 Å². The summed E-state index contributed by atoms with van der Waals surface area (Å²) in [7, 11) is 0. The number of alkyl halides is 2. The van der Waals surface area contributed by atoms with E-state index in [9.17, 15) is 17.6 Å². The van der Waals surface area contributed by atoms with Crippen LogP contribution in [0.1, 0.15) is 51.6 Å². The zero-order valence-corrected chi connectivity index (χ0v) is 12.1. The lowest BCUT2D eigenvalue weighted by Gasteiger charge is -2.34. The van der Waals surface area contributed by atoms with E-state index in [1.54, 1.807) is 0 Å². The normalized spacial score (nSPS) is 31.2. The predicted octanol–water partition coefficient (Wildman–Crippen LogP) is 5.69. The number of hydrogen-bond acceptors (Lipinski definition) is 0. The van der Waals surface area contributed by atoms with Crippen molar-refractivity contribution in [3.05, 3.63) is 34.9 Å². The number of benzene rings is 1. The second-order valence-electron chi connectivity index (χ2n) is 6.52. The molecule has 1 aromatic carbocycles. The lowest BCUT2D eigenvalue weighted by molar-refractivity contribution is -0.0842. The Morgan fingerprint density at radius 2 is 1.81 bits per heavy atom. The van der Waals surface area contributed by atoms with Crippen LogP contribution in [-0.2, 0) is 12.3 Å². The van der Waals surface area contributed by atoms with Crippen LogP contribution in [0.25, 0.3) is 0 Å². The van der Waals surface area contributed by atoms with Gasteiger partial charge in [-0.3, -0.25) is 0 Å². The largest absolute Gasteiger partial charge is 0.279 e. The smallest absolute Gasteiger partial charge is 0.204 e. The molecule has 1 saturated carbocycles. The summed E-state index contributed by atoms with van der Waals surface area (Å²) >= 11 is 0. The van der Waals surface area contributed by atoms with Gasteiger partial charge in [0.05, 0.1) is 5.56 Å². The first-order valence-corrected chi connectivity index (χ1v) is 7.80. The highest BCUT2D eigenvalue weighted by molar-refractivity contribution is 5.39. The molecule has 0 heterocycles. The van der Waals surface area contributed by atoms with Gasteiger partial charge in [-0.1, -0.05) is 32.3 Å². The van der Waals surface area contributed by atoms with Crippen molar-refractivity contribution >= 4 is 0 Å². The summed E-state index contributed by atoms with van der Waals surface area (Å²) in [4.78, 5) is 0. The minimum Gasteiger partial charge on any atom is -0.204 e. The SMILES string of the molecule is CCC1CCC(C2Cc3ccc(F)c(F)c3C2(F)F)CC1.[HH]. The molecule has 3 rings (SSSR count). The Bertz CT molecular complexity index is 536. The molecule has 2 aliphatic rings. The quantitative estimate of drug-likeness (QED) is 0.615. The molecular weight excluding hydrogens is 280 g/mol. The topological polar surface area (TPSA) is 0 Å². The van der Waals surface area contributed by atoms with Gasteiger partial charge in [0.25, 0.3) is 5.92 Å². The third-order valence-corrected chi connectivity index (χ3v) is 5.46. The molecule has 0 aliphatic heterocycles. The van der Waals surface area contributed by atoms with Crippen LogP contribution in [0, 0.1) is 29.4 Å². The van der Waals surface area contributed by atoms with Crippen LogP contribution in [0.3, 0.4) is 0 Å². The van der Waals surface area contributed by atoms with Crippen LogP contribution < -0.4 is 0 Å². The third kappa shape index (κ3) is 2.36. The summed E-state index contributed by atoms with van der Waals surface area (Å²) in [5.74, 6) is -6.11. The van der Waals surface area contributed by atoms with Gasteiger partial charge in [-0.05, 0) is 42.7 Å². The van der Waals surface area contributed by atoms with Crippen molar-refractivity contribution in [1.82, 2.24) is 0 Å². The molecule has 0 bridgehead atoms. The first-order chi connectivity index (χ1) is 9.95. The van der Waals surface area contributed by atoms with Crippen molar-refractivity contribution in [2.24, 2.45) is 17.8 Å². The van der Waals surface area contributed by atoms with Gasteiger partial charge in [0, 0.05) is 7.34 Å². The Hall–Kier alpha value is -1.06. The van der Waals surface area contributed by atoms with E-state index >= 15 is 0 Å². The highest BCUT2D eigenvalue weighted by Crippen LogP contribution is 2.53. The molecule has 0 spiro atoms. The fraction of sp³-hybridized carbons (Fsp3) is 0.647. The van der Waals surface area contributed by atoms with E-state index in [-0.39, 0.29) is 19.3 Å². The van der Waals surface area contributed by atoms with Crippen molar-refractivity contribution in [3.63, 3.8) is 0 Å². The summed E-state index contributed by atoms with van der Waals surface area (Å²) in [5.41, 5.74) is -0.411. The van der Waals surface area contributed by atoms with E-state index in [2.05, 4.69) is 6.92 Å². The highest BCUT2D eigenvalue weighted by atomic mass is 19.3. The van der Waals surface area contributed by atoms with E-state index in [4.69, 9.17) is 0 Å². The molecule has 1 atom stereocenters. The summed E-state index contributed by atoms with van der Waals surface area (Å²) < 4.78 is 56.3. The molecular formula is C17H22F4. The summed E-state index contributed by atoms with van der Waals surface area (Å²) in [6.45, 7) is 2.13. The summed E-state index contributed by atoms with van der Waals surface area (Å²) in [6, 6.07) is 2.28. The molecule has 4 heteroatoms. The molecule has 0 saturated heterocycles. The summed E-state index contributed by atoms with van der Waals surface area (Å²) in [6.07, 6.45) is 4.75. The Morgan fingerprint density at radius 3 is 2.43 bits per heavy atom. The lowest BCUT2D eigenvalue weighted by atomic mass is 9.73. The maximum Gasteiger partial charge on any atom is 0.279 e. The van der Waals surface area contributed by atoms with Crippen LogP contribution >= 0.6 is 0 Å². The second kappa shape index (κ2) is 5.29. The van der Waals surface area contributed by atoms with E-state index in [0.717, 1.165) is 38.2 Å². The predicted molar refractivity (Wildman–Crippen MR) is 75.3 cm³/mol. The molecule has 0 amide bonds. The van der Waals surface area contributed by atoms with E-state index in [1.807, 2.05) is 0 Å². The molecule has 2 aliphatic carbocycles. The van der Waals surface area contributed by atoms with E-state index in [1.165, 1.54) is 6.07 Å². The van der Waals surface area contributed by atoms with Gasteiger partial charge in [-0.15, -0.1) is 0 Å². The monoisotopic (exact) mass is 302 g/mol. The molecule has 1 fully saturated rings. The van der Waals surface area contributed by atoms with Crippen molar-refractivity contribution in [3.8, 4) is 0 Å². The van der Waals surface area contributed by atoms with Gasteiger partial charge in [0.1, 0.15) is 0 Å². The average molecular weight is 302 g/mol. The molecule has 1 aromatic rings. The third-order valence-electron chi connectivity index (χ3n) is 5.46. The van der Waals surface area contributed by atoms with Crippen LogP contribution in [-0.4, -0.2) is 0 Å². The zero-order valence-electron chi connectivity index (χ0n) is 12.1. The number of fused-ring (bicyclic) bond motifs is 1. The van der Waals surface area contributed by atoms with Gasteiger partial charge >= 0.3 is 0 Å². The van der Waals surface area contributed by atoms with Gasteiger partial charge in [-0.25, -0.2) is 17.6 Å². The van der Waals surface area contributed by atoms with E-state index < -0.39 is 29.0 Å². The zero-order chi connectivity index (χ0) is 15.2. The van der Waals surface area contributed by atoms with Crippen molar-refractivity contribution in [2.75, 3.05) is 0 Å².